The molecule has 0 aromatic rings. The first-order valence-electron chi connectivity index (χ1n) is 4.60. The van der Waals surface area contributed by atoms with Crippen LogP contribution in [0.4, 0.5) is 0 Å². The van der Waals surface area contributed by atoms with Crippen LogP contribution in [-0.2, 0) is 14.4 Å². The first-order chi connectivity index (χ1) is 6.65. The minimum Gasteiger partial charge on any atom is -0.355 e. The SMILES string of the molecule is CN1CC(C(=O)NCCC=O)CC1=O. The van der Waals surface area contributed by atoms with Gasteiger partial charge in [-0.2, -0.15) is 0 Å². The number of carbonyl (C=O) groups is 3. The molecule has 1 heterocycles. The van der Waals surface area contributed by atoms with Crippen LogP contribution in [0.2, 0.25) is 0 Å². The van der Waals surface area contributed by atoms with Crippen LogP contribution in [0.25, 0.3) is 0 Å². The molecule has 0 aromatic heterocycles. The van der Waals surface area contributed by atoms with Gasteiger partial charge in [0.05, 0.1) is 5.92 Å². The van der Waals surface area contributed by atoms with Gasteiger partial charge in [-0.1, -0.05) is 0 Å². The van der Waals surface area contributed by atoms with E-state index < -0.39 is 0 Å². The van der Waals surface area contributed by atoms with Crippen LogP contribution in [-0.4, -0.2) is 43.1 Å². The zero-order valence-corrected chi connectivity index (χ0v) is 8.16. The number of hydrogen-bond donors (Lipinski definition) is 1. The van der Waals surface area contributed by atoms with Crippen LogP contribution in [0.3, 0.4) is 0 Å². The second-order valence-electron chi connectivity index (χ2n) is 3.42. The number of carbonyl (C=O) groups excluding carboxylic acids is 3. The van der Waals surface area contributed by atoms with E-state index in [1.165, 1.54) is 0 Å². The summed E-state index contributed by atoms with van der Waals surface area (Å²) in [5, 5.41) is 2.62. The summed E-state index contributed by atoms with van der Waals surface area (Å²) in [5.74, 6) is -0.385. The highest BCUT2D eigenvalue weighted by molar-refractivity contribution is 5.89. The van der Waals surface area contributed by atoms with Gasteiger partial charge in [0.15, 0.2) is 0 Å². The number of nitrogens with zero attached hydrogens (tertiary/aromatic N) is 1. The number of rotatable bonds is 4. The Morgan fingerprint density at radius 1 is 1.71 bits per heavy atom. The normalized spacial score (nSPS) is 21.1. The van der Waals surface area contributed by atoms with Crippen LogP contribution in [0.1, 0.15) is 12.8 Å². The van der Waals surface area contributed by atoms with Gasteiger partial charge in [-0.15, -0.1) is 0 Å². The molecule has 1 saturated heterocycles. The third-order valence-corrected chi connectivity index (χ3v) is 2.27. The van der Waals surface area contributed by atoms with Gasteiger partial charge < -0.3 is 15.0 Å². The Balaban J connectivity index is 2.32. The van der Waals surface area contributed by atoms with E-state index in [4.69, 9.17) is 0 Å². The largest absolute Gasteiger partial charge is 0.355 e. The maximum atomic E-state index is 11.4. The second-order valence-corrected chi connectivity index (χ2v) is 3.42. The zero-order valence-electron chi connectivity index (χ0n) is 8.16. The van der Waals surface area contributed by atoms with E-state index in [2.05, 4.69) is 5.32 Å². The van der Waals surface area contributed by atoms with Crippen molar-refractivity contribution in [3.8, 4) is 0 Å². The Labute approximate surface area is 82.4 Å². The lowest BCUT2D eigenvalue weighted by Crippen LogP contribution is -2.32. The minimum atomic E-state index is -0.251. The van der Waals surface area contributed by atoms with E-state index in [1.54, 1.807) is 11.9 Å². The number of aldehydes is 1. The minimum absolute atomic E-state index is 0.000498. The van der Waals surface area contributed by atoms with Gasteiger partial charge in [0.2, 0.25) is 11.8 Å². The van der Waals surface area contributed by atoms with Crippen molar-refractivity contribution in [1.82, 2.24) is 10.2 Å². The highest BCUT2D eigenvalue weighted by Gasteiger charge is 2.31. The lowest BCUT2D eigenvalue weighted by molar-refractivity contribution is -0.128. The Hall–Kier alpha value is -1.39. The molecule has 14 heavy (non-hydrogen) atoms. The molecule has 0 spiro atoms. The van der Waals surface area contributed by atoms with Crippen molar-refractivity contribution >= 4 is 18.1 Å². The Bertz CT molecular complexity index is 252. The zero-order chi connectivity index (χ0) is 10.6. The monoisotopic (exact) mass is 198 g/mol. The van der Waals surface area contributed by atoms with Crippen molar-refractivity contribution in [2.45, 2.75) is 12.8 Å². The van der Waals surface area contributed by atoms with Crippen molar-refractivity contribution in [2.75, 3.05) is 20.1 Å². The van der Waals surface area contributed by atoms with Crippen molar-refractivity contribution < 1.29 is 14.4 Å². The highest BCUT2D eigenvalue weighted by Crippen LogP contribution is 2.15. The van der Waals surface area contributed by atoms with Crippen LogP contribution < -0.4 is 5.32 Å². The average molecular weight is 198 g/mol. The fourth-order valence-corrected chi connectivity index (χ4v) is 1.44. The summed E-state index contributed by atoms with van der Waals surface area (Å²) in [5.41, 5.74) is 0. The number of amides is 2. The topological polar surface area (TPSA) is 66.5 Å². The molecule has 1 unspecified atom stereocenters. The van der Waals surface area contributed by atoms with Crippen molar-refractivity contribution in [3.63, 3.8) is 0 Å². The van der Waals surface area contributed by atoms with Gasteiger partial charge in [-0.05, 0) is 0 Å². The third kappa shape index (κ3) is 2.55. The van der Waals surface area contributed by atoms with Gasteiger partial charge >= 0.3 is 0 Å². The van der Waals surface area contributed by atoms with Gasteiger partial charge in [-0.3, -0.25) is 9.59 Å². The predicted octanol–water partition coefficient (Wildman–Crippen LogP) is -0.830. The molecule has 0 aliphatic carbocycles. The summed E-state index contributed by atoms with van der Waals surface area (Å²) in [6, 6.07) is 0. The van der Waals surface area contributed by atoms with E-state index in [1.807, 2.05) is 0 Å². The molecule has 1 rings (SSSR count). The van der Waals surface area contributed by atoms with Gasteiger partial charge in [-0.25, -0.2) is 0 Å². The van der Waals surface area contributed by atoms with Crippen LogP contribution in [0.5, 0.6) is 0 Å². The molecule has 5 nitrogen and oxygen atoms in total. The summed E-state index contributed by atoms with van der Waals surface area (Å²) in [6.07, 6.45) is 1.36. The van der Waals surface area contributed by atoms with E-state index in [0.717, 1.165) is 6.29 Å². The van der Waals surface area contributed by atoms with Crippen molar-refractivity contribution in [2.24, 2.45) is 5.92 Å². The molecule has 0 saturated carbocycles. The fourth-order valence-electron chi connectivity index (χ4n) is 1.44. The van der Waals surface area contributed by atoms with Crippen molar-refractivity contribution in [1.29, 1.82) is 0 Å². The average Bonchev–Trinajstić information content (AvgIpc) is 2.47. The van der Waals surface area contributed by atoms with E-state index in [-0.39, 0.29) is 24.2 Å². The van der Waals surface area contributed by atoms with Gasteiger partial charge in [0.1, 0.15) is 6.29 Å². The summed E-state index contributed by atoms with van der Waals surface area (Å²) in [6.45, 7) is 0.836. The lowest BCUT2D eigenvalue weighted by atomic mass is 10.1. The molecule has 5 heteroatoms. The second kappa shape index (κ2) is 4.74. The molecular weight excluding hydrogens is 184 g/mol. The molecule has 78 valence electrons. The molecule has 1 fully saturated rings. The highest BCUT2D eigenvalue weighted by atomic mass is 16.2. The Morgan fingerprint density at radius 2 is 2.43 bits per heavy atom. The standard InChI is InChI=1S/C9H14N2O3/c1-11-6-7(5-8(11)13)9(14)10-3-2-4-12/h4,7H,2-3,5-6H2,1H3,(H,10,14). The maximum Gasteiger partial charge on any atom is 0.225 e. The summed E-state index contributed by atoms with van der Waals surface area (Å²) < 4.78 is 0. The fraction of sp³-hybridized carbons (Fsp3) is 0.667. The molecule has 0 aromatic carbocycles. The third-order valence-electron chi connectivity index (χ3n) is 2.27. The molecule has 1 atom stereocenters. The van der Waals surface area contributed by atoms with E-state index >= 15 is 0 Å². The molecule has 1 aliphatic rings. The number of hydrogen-bond acceptors (Lipinski definition) is 3. The molecule has 0 radical (unpaired) electrons. The molecule has 1 aliphatic heterocycles. The summed E-state index contributed by atoms with van der Waals surface area (Å²) >= 11 is 0. The molecule has 1 N–H and O–H groups in total. The smallest absolute Gasteiger partial charge is 0.225 e. The Morgan fingerprint density at radius 3 is 2.93 bits per heavy atom. The summed E-state index contributed by atoms with van der Waals surface area (Å²) in [4.78, 5) is 34.1. The first-order valence-corrected chi connectivity index (χ1v) is 4.60. The van der Waals surface area contributed by atoms with Crippen LogP contribution in [0, 0.1) is 5.92 Å². The quantitative estimate of drug-likeness (QED) is 0.473. The van der Waals surface area contributed by atoms with E-state index in [9.17, 15) is 14.4 Å². The van der Waals surface area contributed by atoms with Crippen molar-refractivity contribution in [3.05, 3.63) is 0 Å². The lowest BCUT2D eigenvalue weighted by Gasteiger charge is -2.09. The molecule has 2 amide bonds. The van der Waals surface area contributed by atoms with Crippen LogP contribution in [0.15, 0.2) is 0 Å². The number of likely N-dealkylation sites (tertiary alicyclic amines) is 1. The Kier molecular flexibility index (Phi) is 3.62. The summed E-state index contributed by atoms with van der Waals surface area (Å²) in [7, 11) is 1.68. The maximum absolute atomic E-state index is 11.4. The molecule has 0 bridgehead atoms. The first kappa shape index (κ1) is 10.7. The van der Waals surface area contributed by atoms with Gasteiger partial charge in [0, 0.05) is 33.0 Å². The molecular formula is C9H14N2O3. The number of nitrogens with one attached hydrogen (secondary N) is 1. The van der Waals surface area contributed by atoms with E-state index in [0.29, 0.717) is 19.5 Å². The van der Waals surface area contributed by atoms with Gasteiger partial charge in [0.25, 0.3) is 0 Å². The predicted molar refractivity (Wildman–Crippen MR) is 49.4 cm³/mol. The van der Waals surface area contributed by atoms with Crippen LogP contribution >= 0.6 is 0 Å².